The van der Waals surface area contributed by atoms with Crippen LogP contribution in [0.1, 0.15) is 56.0 Å². The highest BCUT2D eigenvalue weighted by Crippen LogP contribution is 2.29. The van der Waals surface area contributed by atoms with Crippen LogP contribution in [0, 0.1) is 17.0 Å². The maximum atomic E-state index is 12.8. The number of methoxy groups -OCH3 is 1. The van der Waals surface area contributed by atoms with E-state index in [1.807, 2.05) is 25.1 Å². The summed E-state index contributed by atoms with van der Waals surface area (Å²) in [6.07, 6.45) is -0.602. The minimum Gasteiger partial charge on any atom is -0.496 e. The molecule has 2 N–H and O–H groups in total. The number of nitrogens with zero attached hydrogens (tertiary/aromatic N) is 1. The van der Waals surface area contributed by atoms with Crippen molar-refractivity contribution >= 4 is 17.7 Å². The molecule has 2 aromatic carbocycles. The quantitative estimate of drug-likeness (QED) is 0.338. The SMILES string of the molecule is COc1ccc(C)cc1[C@@H](C)NC(=O)N[C@H](CC(=O)OC(C)C)c1ccccc1[N+](=O)[O-]. The Kier molecular flexibility index (Phi) is 8.57. The number of carbonyl (C=O) groups excluding carboxylic acids is 2. The van der Waals surface area contributed by atoms with Crippen LogP contribution in [0.5, 0.6) is 5.75 Å². The predicted molar refractivity (Wildman–Crippen MR) is 119 cm³/mol. The number of aryl methyl sites for hydroxylation is 1. The molecule has 0 aliphatic carbocycles. The molecule has 0 fully saturated rings. The second-order valence-electron chi connectivity index (χ2n) is 7.70. The lowest BCUT2D eigenvalue weighted by atomic mass is 10.0. The van der Waals surface area contributed by atoms with Crippen molar-refractivity contribution in [3.8, 4) is 5.75 Å². The molecule has 9 heteroatoms. The van der Waals surface area contributed by atoms with Crippen molar-refractivity contribution in [2.75, 3.05) is 7.11 Å². The normalized spacial score (nSPS) is 12.6. The minimum absolute atomic E-state index is 0.191. The van der Waals surface area contributed by atoms with Crippen LogP contribution >= 0.6 is 0 Å². The molecule has 0 spiro atoms. The monoisotopic (exact) mass is 443 g/mol. The number of esters is 1. The highest BCUT2D eigenvalue weighted by molar-refractivity contribution is 5.77. The van der Waals surface area contributed by atoms with E-state index in [-0.39, 0.29) is 23.8 Å². The Morgan fingerprint density at radius 2 is 1.75 bits per heavy atom. The van der Waals surface area contributed by atoms with E-state index in [4.69, 9.17) is 9.47 Å². The third-order valence-electron chi connectivity index (χ3n) is 4.75. The first kappa shape index (κ1) is 24.6. The molecule has 0 aliphatic rings. The molecule has 0 saturated carbocycles. The molecule has 2 amide bonds. The van der Waals surface area contributed by atoms with Gasteiger partial charge in [0.2, 0.25) is 0 Å². The van der Waals surface area contributed by atoms with E-state index in [0.29, 0.717) is 5.75 Å². The Labute approximate surface area is 187 Å². The summed E-state index contributed by atoms with van der Waals surface area (Å²) in [4.78, 5) is 36.0. The van der Waals surface area contributed by atoms with Crippen molar-refractivity contribution in [2.45, 2.75) is 52.3 Å². The molecule has 0 aliphatic heterocycles. The van der Waals surface area contributed by atoms with Gasteiger partial charge < -0.3 is 20.1 Å². The van der Waals surface area contributed by atoms with Gasteiger partial charge in [0.15, 0.2) is 0 Å². The van der Waals surface area contributed by atoms with Crippen LogP contribution in [-0.4, -0.2) is 30.1 Å². The number of amides is 2. The van der Waals surface area contributed by atoms with Gasteiger partial charge in [-0.15, -0.1) is 0 Å². The van der Waals surface area contributed by atoms with E-state index in [2.05, 4.69) is 10.6 Å². The summed E-state index contributed by atoms with van der Waals surface area (Å²) in [5, 5.41) is 17.0. The number of hydrogen-bond donors (Lipinski definition) is 2. The molecule has 0 saturated heterocycles. The first-order chi connectivity index (χ1) is 15.1. The van der Waals surface area contributed by atoms with Gasteiger partial charge in [-0.25, -0.2) is 4.79 Å². The standard InChI is InChI=1S/C23H29N3O6/c1-14(2)32-22(27)13-19(17-8-6-7-9-20(17)26(29)30)25-23(28)24-16(4)18-12-15(3)10-11-21(18)31-5/h6-12,14,16,19H,13H2,1-5H3,(H2,24,25,28)/t16-,19-/m1/s1. The Morgan fingerprint density at radius 1 is 1.06 bits per heavy atom. The maximum Gasteiger partial charge on any atom is 0.315 e. The summed E-state index contributed by atoms with van der Waals surface area (Å²) >= 11 is 0. The van der Waals surface area contributed by atoms with Gasteiger partial charge in [-0.3, -0.25) is 14.9 Å². The molecule has 2 rings (SSSR count). The van der Waals surface area contributed by atoms with Crippen molar-refractivity contribution in [3.05, 3.63) is 69.3 Å². The van der Waals surface area contributed by atoms with Gasteiger partial charge in [0.1, 0.15) is 5.75 Å². The van der Waals surface area contributed by atoms with Crippen molar-refractivity contribution in [3.63, 3.8) is 0 Å². The van der Waals surface area contributed by atoms with Crippen LogP contribution in [0.25, 0.3) is 0 Å². The number of urea groups is 1. The summed E-state index contributed by atoms with van der Waals surface area (Å²) in [7, 11) is 1.55. The third kappa shape index (κ3) is 6.69. The van der Waals surface area contributed by atoms with Gasteiger partial charge in [0.05, 0.1) is 42.2 Å². The van der Waals surface area contributed by atoms with Gasteiger partial charge >= 0.3 is 12.0 Å². The molecule has 0 radical (unpaired) electrons. The van der Waals surface area contributed by atoms with Crippen molar-refractivity contribution in [1.82, 2.24) is 10.6 Å². The summed E-state index contributed by atoms with van der Waals surface area (Å²) in [5.41, 5.74) is 1.81. The van der Waals surface area contributed by atoms with Crippen molar-refractivity contribution < 1.29 is 24.0 Å². The zero-order chi connectivity index (χ0) is 23.8. The lowest BCUT2D eigenvalue weighted by Crippen LogP contribution is -2.40. The van der Waals surface area contributed by atoms with Gasteiger partial charge in [-0.2, -0.15) is 0 Å². The van der Waals surface area contributed by atoms with E-state index in [9.17, 15) is 19.7 Å². The number of rotatable bonds is 9. The molecule has 0 unspecified atom stereocenters. The number of hydrogen-bond acceptors (Lipinski definition) is 6. The fraction of sp³-hybridized carbons (Fsp3) is 0.391. The largest absolute Gasteiger partial charge is 0.496 e. The number of benzene rings is 2. The van der Waals surface area contributed by atoms with Gasteiger partial charge in [-0.05, 0) is 33.8 Å². The molecule has 9 nitrogen and oxygen atoms in total. The van der Waals surface area contributed by atoms with Crippen LogP contribution in [0.15, 0.2) is 42.5 Å². The highest BCUT2D eigenvalue weighted by atomic mass is 16.6. The Bertz CT molecular complexity index is 976. The first-order valence-electron chi connectivity index (χ1n) is 10.3. The summed E-state index contributed by atoms with van der Waals surface area (Å²) < 4.78 is 10.6. The van der Waals surface area contributed by atoms with Crippen LogP contribution in [-0.2, 0) is 9.53 Å². The third-order valence-corrected chi connectivity index (χ3v) is 4.75. The highest BCUT2D eigenvalue weighted by Gasteiger charge is 2.27. The first-order valence-corrected chi connectivity index (χ1v) is 10.3. The molecule has 2 atom stereocenters. The topological polar surface area (TPSA) is 120 Å². The van der Waals surface area contributed by atoms with Crippen LogP contribution < -0.4 is 15.4 Å². The molecular weight excluding hydrogens is 414 g/mol. The summed E-state index contributed by atoms with van der Waals surface area (Å²) in [6.45, 7) is 7.13. The molecule has 0 heterocycles. The van der Waals surface area contributed by atoms with Crippen molar-refractivity contribution in [1.29, 1.82) is 0 Å². The lowest BCUT2D eigenvalue weighted by Gasteiger charge is -2.22. The number of nitro benzene ring substituents is 1. The Morgan fingerprint density at radius 3 is 2.38 bits per heavy atom. The fourth-order valence-electron chi connectivity index (χ4n) is 3.33. The van der Waals surface area contributed by atoms with E-state index < -0.39 is 29.0 Å². The number of nitro groups is 1. The van der Waals surface area contributed by atoms with Crippen LogP contribution in [0.2, 0.25) is 0 Å². The van der Waals surface area contributed by atoms with Crippen molar-refractivity contribution in [2.24, 2.45) is 0 Å². The Hall–Kier alpha value is -3.62. The van der Waals surface area contributed by atoms with E-state index in [0.717, 1.165) is 11.1 Å². The average molecular weight is 444 g/mol. The average Bonchev–Trinajstić information content (AvgIpc) is 2.72. The van der Waals surface area contributed by atoms with Gasteiger partial charge in [0, 0.05) is 11.6 Å². The Balaban J connectivity index is 2.25. The van der Waals surface area contributed by atoms with E-state index in [1.165, 1.54) is 18.2 Å². The zero-order valence-corrected chi connectivity index (χ0v) is 18.9. The molecule has 0 aromatic heterocycles. The van der Waals surface area contributed by atoms with E-state index >= 15 is 0 Å². The van der Waals surface area contributed by atoms with Gasteiger partial charge in [-0.1, -0.05) is 35.9 Å². The molecule has 172 valence electrons. The number of para-hydroxylation sites is 1. The second kappa shape index (κ2) is 11.1. The lowest BCUT2D eigenvalue weighted by molar-refractivity contribution is -0.385. The summed E-state index contributed by atoms with van der Waals surface area (Å²) in [5.74, 6) is 0.0519. The molecule has 0 bridgehead atoms. The zero-order valence-electron chi connectivity index (χ0n) is 18.9. The smallest absolute Gasteiger partial charge is 0.315 e. The number of carbonyl (C=O) groups is 2. The molecule has 32 heavy (non-hydrogen) atoms. The predicted octanol–water partition coefficient (Wildman–Crippen LogP) is 4.36. The van der Waals surface area contributed by atoms with E-state index in [1.54, 1.807) is 33.9 Å². The van der Waals surface area contributed by atoms with Crippen LogP contribution in [0.3, 0.4) is 0 Å². The molecular formula is C23H29N3O6. The maximum absolute atomic E-state index is 12.8. The fourth-order valence-corrected chi connectivity index (χ4v) is 3.33. The summed E-state index contributed by atoms with van der Waals surface area (Å²) in [6, 6.07) is 9.66. The van der Waals surface area contributed by atoms with Crippen LogP contribution in [0.4, 0.5) is 10.5 Å². The second-order valence-corrected chi connectivity index (χ2v) is 7.70. The van der Waals surface area contributed by atoms with Gasteiger partial charge in [0.25, 0.3) is 5.69 Å². The number of nitrogens with one attached hydrogen (secondary N) is 2. The minimum atomic E-state index is -0.950. The molecule has 2 aromatic rings. The number of ether oxygens (including phenoxy) is 2.